The molecule has 0 spiro atoms. The highest BCUT2D eigenvalue weighted by molar-refractivity contribution is 5.01. The monoisotopic (exact) mass is 155 g/mol. The van der Waals surface area contributed by atoms with Crippen LogP contribution in [0.2, 0.25) is 0 Å². The van der Waals surface area contributed by atoms with Gasteiger partial charge in [0.2, 0.25) is 0 Å². The van der Waals surface area contributed by atoms with E-state index in [0.717, 1.165) is 12.0 Å². The van der Waals surface area contributed by atoms with Crippen molar-refractivity contribution in [2.45, 2.75) is 46.6 Å². The van der Waals surface area contributed by atoms with E-state index in [2.05, 4.69) is 33.0 Å². The first-order valence-corrected chi connectivity index (χ1v) is 4.76. The van der Waals surface area contributed by atoms with Gasteiger partial charge in [0.15, 0.2) is 0 Å². The maximum atomic E-state index is 3.58. The largest absolute Gasteiger partial charge is 0.313 e. The Bertz CT molecular complexity index is 127. The Morgan fingerprint density at radius 1 is 1.45 bits per heavy atom. The van der Waals surface area contributed by atoms with E-state index in [1.165, 1.54) is 19.4 Å². The van der Waals surface area contributed by atoms with Gasteiger partial charge in [-0.1, -0.05) is 27.7 Å². The summed E-state index contributed by atoms with van der Waals surface area (Å²) in [5.41, 5.74) is 0.594. The van der Waals surface area contributed by atoms with Crippen molar-refractivity contribution in [3.05, 3.63) is 0 Å². The average molecular weight is 155 g/mol. The van der Waals surface area contributed by atoms with Crippen LogP contribution in [0.3, 0.4) is 0 Å². The minimum absolute atomic E-state index is 0.594. The molecule has 1 saturated carbocycles. The van der Waals surface area contributed by atoms with Gasteiger partial charge in [-0.15, -0.1) is 0 Å². The van der Waals surface area contributed by atoms with Crippen LogP contribution in [0.5, 0.6) is 0 Å². The molecule has 0 aromatic rings. The molecule has 1 heteroatoms. The maximum absolute atomic E-state index is 3.58. The van der Waals surface area contributed by atoms with E-state index in [4.69, 9.17) is 0 Å². The SMILES string of the molecule is CC(C)CCNC1CC1(C)C. The number of rotatable bonds is 4. The zero-order chi connectivity index (χ0) is 8.48. The van der Waals surface area contributed by atoms with Gasteiger partial charge in [0, 0.05) is 6.04 Å². The predicted molar refractivity (Wildman–Crippen MR) is 49.6 cm³/mol. The standard InChI is InChI=1S/C10H21N/c1-8(2)5-6-11-9-7-10(9,3)4/h8-9,11H,5-7H2,1-4H3. The summed E-state index contributed by atoms with van der Waals surface area (Å²) in [6, 6.07) is 0.807. The molecular weight excluding hydrogens is 134 g/mol. The fourth-order valence-corrected chi connectivity index (χ4v) is 1.36. The van der Waals surface area contributed by atoms with Crippen LogP contribution in [-0.2, 0) is 0 Å². The number of hydrogen-bond acceptors (Lipinski definition) is 1. The minimum Gasteiger partial charge on any atom is -0.313 e. The zero-order valence-electron chi connectivity index (χ0n) is 8.28. The predicted octanol–water partition coefficient (Wildman–Crippen LogP) is 2.42. The lowest BCUT2D eigenvalue weighted by atomic mass is 10.1. The topological polar surface area (TPSA) is 12.0 Å². The van der Waals surface area contributed by atoms with Gasteiger partial charge in [0.05, 0.1) is 0 Å². The molecule has 1 aliphatic rings. The van der Waals surface area contributed by atoms with Crippen LogP contribution < -0.4 is 5.32 Å². The molecule has 1 nitrogen and oxygen atoms in total. The molecule has 0 bridgehead atoms. The zero-order valence-corrected chi connectivity index (χ0v) is 8.28. The van der Waals surface area contributed by atoms with E-state index >= 15 is 0 Å². The minimum atomic E-state index is 0.594. The van der Waals surface area contributed by atoms with Crippen LogP contribution in [0.4, 0.5) is 0 Å². The van der Waals surface area contributed by atoms with Gasteiger partial charge in [-0.2, -0.15) is 0 Å². The number of hydrogen-bond donors (Lipinski definition) is 1. The summed E-state index contributed by atoms with van der Waals surface area (Å²) in [6.45, 7) is 10.4. The smallest absolute Gasteiger partial charge is 0.0124 e. The molecule has 66 valence electrons. The summed E-state index contributed by atoms with van der Waals surface area (Å²) < 4.78 is 0. The fraction of sp³-hybridized carbons (Fsp3) is 1.00. The first kappa shape index (κ1) is 9.05. The Morgan fingerprint density at radius 2 is 2.00 bits per heavy atom. The second kappa shape index (κ2) is 3.14. The summed E-state index contributed by atoms with van der Waals surface area (Å²) in [5, 5.41) is 3.58. The second-order valence-corrected chi connectivity index (χ2v) is 4.88. The lowest BCUT2D eigenvalue weighted by Gasteiger charge is -2.07. The van der Waals surface area contributed by atoms with Crippen LogP contribution in [0.25, 0.3) is 0 Å². The Labute approximate surface area is 70.6 Å². The van der Waals surface area contributed by atoms with Gasteiger partial charge < -0.3 is 5.32 Å². The third kappa shape index (κ3) is 2.82. The molecule has 0 aromatic heterocycles. The molecule has 1 aliphatic carbocycles. The molecule has 1 atom stereocenters. The average Bonchev–Trinajstić information content (AvgIpc) is 2.39. The molecule has 0 amide bonds. The molecule has 1 rings (SSSR count). The first-order chi connectivity index (χ1) is 5.02. The summed E-state index contributed by atoms with van der Waals surface area (Å²) in [4.78, 5) is 0. The first-order valence-electron chi connectivity index (χ1n) is 4.76. The highest BCUT2D eigenvalue weighted by Gasteiger charge is 2.44. The lowest BCUT2D eigenvalue weighted by Crippen LogP contribution is -2.22. The van der Waals surface area contributed by atoms with E-state index in [-0.39, 0.29) is 0 Å². The van der Waals surface area contributed by atoms with Crippen molar-refractivity contribution in [3.8, 4) is 0 Å². The van der Waals surface area contributed by atoms with E-state index in [9.17, 15) is 0 Å². The van der Waals surface area contributed by atoms with Gasteiger partial charge in [-0.3, -0.25) is 0 Å². The maximum Gasteiger partial charge on any atom is 0.0124 e. The van der Waals surface area contributed by atoms with Crippen molar-refractivity contribution in [1.82, 2.24) is 5.32 Å². The summed E-state index contributed by atoms with van der Waals surface area (Å²) in [6.07, 6.45) is 2.68. The second-order valence-electron chi connectivity index (χ2n) is 4.88. The van der Waals surface area contributed by atoms with Crippen molar-refractivity contribution in [3.63, 3.8) is 0 Å². The summed E-state index contributed by atoms with van der Waals surface area (Å²) >= 11 is 0. The van der Waals surface area contributed by atoms with Gasteiger partial charge in [-0.05, 0) is 30.7 Å². The third-order valence-corrected chi connectivity index (χ3v) is 2.63. The highest BCUT2D eigenvalue weighted by Crippen LogP contribution is 2.44. The van der Waals surface area contributed by atoms with Crippen molar-refractivity contribution >= 4 is 0 Å². The quantitative estimate of drug-likeness (QED) is 0.657. The fourth-order valence-electron chi connectivity index (χ4n) is 1.36. The van der Waals surface area contributed by atoms with Crippen LogP contribution >= 0.6 is 0 Å². The van der Waals surface area contributed by atoms with Crippen LogP contribution in [0.1, 0.15) is 40.5 Å². The molecule has 1 fully saturated rings. The van der Waals surface area contributed by atoms with Crippen molar-refractivity contribution in [2.75, 3.05) is 6.54 Å². The van der Waals surface area contributed by atoms with Crippen LogP contribution in [-0.4, -0.2) is 12.6 Å². The molecule has 0 saturated heterocycles. The summed E-state index contributed by atoms with van der Waals surface area (Å²) in [7, 11) is 0. The molecule has 0 radical (unpaired) electrons. The Balaban J connectivity index is 1.98. The van der Waals surface area contributed by atoms with Gasteiger partial charge in [0.25, 0.3) is 0 Å². The van der Waals surface area contributed by atoms with Gasteiger partial charge >= 0.3 is 0 Å². The van der Waals surface area contributed by atoms with Crippen molar-refractivity contribution < 1.29 is 0 Å². The lowest BCUT2D eigenvalue weighted by molar-refractivity contribution is 0.494. The van der Waals surface area contributed by atoms with Gasteiger partial charge in [-0.25, -0.2) is 0 Å². The molecule has 0 aliphatic heterocycles. The third-order valence-electron chi connectivity index (χ3n) is 2.63. The Morgan fingerprint density at radius 3 is 2.36 bits per heavy atom. The highest BCUT2D eigenvalue weighted by atomic mass is 15.0. The number of nitrogens with one attached hydrogen (secondary N) is 1. The van der Waals surface area contributed by atoms with E-state index in [1.807, 2.05) is 0 Å². The molecule has 0 heterocycles. The Kier molecular flexibility index (Phi) is 2.58. The molecule has 0 aromatic carbocycles. The molecule has 11 heavy (non-hydrogen) atoms. The summed E-state index contributed by atoms with van der Waals surface area (Å²) in [5.74, 6) is 0.837. The molecule has 1 unspecified atom stereocenters. The van der Waals surface area contributed by atoms with Crippen molar-refractivity contribution in [1.29, 1.82) is 0 Å². The molecular formula is C10H21N. The van der Waals surface area contributed by atoms with Crippen LogP contribution in [0, 0.1) is 11.3 Å². The normalized spacial score (nSPS) is 27.5. The van der Waals surface area contributed by atoms with E-state index in [0.29, 0.717) is 5.41 Å². The van der Waals surface area contributed by atoms with Gasteiger partial charge in [0.1, 0.15) is 0 Å². The van der Waals surface area contributed by atoms with E-state index < -0.39 is 0 Å². The van der Waals surface area contributed by atoms with E-state index in [1.54, 1.807) is 0 Å². The molecule has 1 N–H and O–H groups in total. The van der Waals surface area contributed by atoms with Crippen LogP contribution in [0.15, 0.2) is 0 Å². The van der Waals surface area contributed by atoms with Crippen molar-refractivity contribution in [2.24, 2.45) is 11.3 Å². The Hall–Kier alpha value is -0.0400.